The SMILES string of the molecule is C=CCNc1ccc(NC(=O)CC(C)C)nc1. The van der Waals surface area contributed by atoms with Crippen LogP contribution in [0.2, 0.25) is 0 Å². The third-order valence-electron chi connectivity index (χ3n) is 2.08. The van der Waals surface area contributed by atoms with E-state index in [4.69, 9.17) is 0 Å². The lowest BCUT2D eigenvalue weighted by molar-refractivity contribution is -0.116. The predicted octanol–water partition coefficient (Wildman–Crippen LogP) is 2.66. The summed E-state index contributed by atoms with van der Waals surface area (Å²) in [4.78, 5) is 15.6. The molecule has 0 radical (unpaired) electrons. The van der Waals surface area contributed by atoms with Gasteiger partial charge >= 0.3 is 0 Å². The van der Waals surface area contributed by atoms with E-state index in [9.17, 15) is 4.79 Å². The molecule has 1 amide bonds. The third-order valence-corrected chi connectivity index (χ3v) is 2.08. The van der Waals surface area contributed by atoms with Gasteiger partial charge in [-0.25, -0.2) is 4.98 Å². The molecule has 0 saturated carbocycles. The van der Waals surface area contributed by atoms with Crippen molar-refractivity contribution >= 4 is 17.4 Å². The summed E-state index contributed by atoms with van der Waals surface area (Å²) in [6.45, 7) is 8.33. The van der Waals surface area contributed by atoms with Crippen LogP contribution >= 0.6 is 0 Å². The van der Waals surface area contributed by atoms with Gasteiger partial charge in [0.05, 0.1) is 11.9 Å². The summed E-state index contributed by atoms with van der Waals surface area (Å²) >= 11 is 0. The van der Waals surface area contributed by atoms with Crippen molar-refractivity contribution in [1.82, 2.24) is 4.98 Å². The number of carbonyl (C=O) groups is 1. The van der Waals surface area contributed by atoms with E-state index in [0.717, 1.165) is 5.69 Å². The van der Waals surface area contributed by atoms with Crippen molar-refractivity contribution < 1.29 is 4.79 Å². The molecule has 4 heteroatoms. The topological polar surface area (TPSA) is 54.0 Å². The number of nitrogens with zero attached hydrogens (tertiary/aromatic N) is 1. The molecule has 17 heavy (non-hydrogen) atoms. The van der Waals surface area contributed by atoms with Gasteiger partial charge < -0.3 is 10.6 Å². The van der Waals surface area contributed by atoms with Gasteiger partial charge in [0.1, 0.15) is 5.82 Å². The molecule has 4 nitrogen and oxygen atoms in total. The number of hydrogen-bond acceptors (Lipinski definition) is 3. The number of rotatable bonds is 6. The maximum atomic E-state index is 11.5. The second-order valence-electron chi connectivity index (χ2n) is 4.25. The Labute approximate surface area is 102 Å². The van der Waals surface area contributed by atoms with Crippen LogP contribution in [0.4, 0.5) is 11.5 Å². The molecule has 0 unspecified atom stereocenters. The van der Waals surface area contributed by atoms with Gasteiger partial charge in [0, 0.05) is 13.0 Å². The normalized spacial score (nSPS) is 10.1. The Morgan fingerprint density at radius 2 is 2.29 bits per heavy atom. The number of carbonyl (C=O) groups excluding carboxylic acids is 1. The highest BCUT2D eigenvalue weighted by Crippen LogP contribution is 2.10. The monoisotopic (exact) mass is 233 g/mol. The first-order valence-electron chi connectivity index (χ1n) is 5.72. The minimum atomic E-state index is -0.000647. The van der Waals surface area contributed by atoms with Crippen LogP contribution in [0.15, 0.2) is 31.0 Å². The van der Waals surface area contributed by atoms with Crippen LogP contribution in [0.1, 0.15) is 20.3 Å². The first-order valence-corrected chi connectivity index (χ1v) is 5.72. The van der Waals surface area contributed by atoms with E-state index in [-0.39, 0.29) is 5.91 Å². The third kappa shape index (κ3) is 5.15. The lowest BCUT2D eigenvalue weighted by atomic mass is 10.1. The average molecular weight is 233 g/mol. The zero-order valence-corrected chi connectivity index (χ0v) is 10.4. The fourth-order valence-corrected chi connectivity index (χ4v) is 1.33. The Morgan fingerprint density at radius 3 is 2.82 bits per heavy atom. The van der Waals surface area contributed by atoms with Crippen LogP contribution in [0.25, 0.3) is 0 Å². The van der Waals surface area contributed by atoms with Gasteiger partial charge in [0.2, 0.25) is 5.91 Å². The molecule has 0 atom stereocenters. The number of pyridine rings is 1. The van der Waals surface area contributed by atoms with Crippen LogP contribution < -0.4 is 10.6 Å². The first kappa shape index (κ1) is 13.2. The van der Waals surface area contributed by atoms with Gasteiger partial charge in [-0.1, -0.05) is 19.9 Å². The van der Waals surface area contributed by atoms with Gasteiger partial charge in [-0.2, -0.15) is 0 Å². The molecule has 1 aromatic heterocycles. The van der Waals surface area contributed by atoms with Crippen molar-refractivity contribution in [2.75, 3.05) is 17.2 Å². The Kier molecular flexibility index (Phi) is 5.20. The molecule has 0 fully saturated rings. The van der Waals surface area contributed by atoms with Crippen molar-refractivity contribution in [3.05, 3.63) is 31.0 Å². The van der Waals surface area contributed by atoms with Crippen LogP contribution in [0.3, 0.4) is 0 Å². The lowest BCUT2D eigenvalue weighted by Gasteiger charge is -2.07. The summed E-state index contributed by atoms with van der Waals surface area (Å²) in [6, 6.07) is 3.66. The van der Waals surface area contributed by atoms with E-state index in [2.05, 4.69) is 22.2 Å². The lowest BCUT2D eigenvalue weighted by Crippen LogP contribution is -2.14. The summed E-state index contributed by atoms with van der Waals surface area (Å²) in [7, 11) is 0. The summed E-state index contributed by atoms with van der Waals surface area (Å²) in [5.74, 6) is 0.933. The highest BCUT2D eigenvalue weighted by molar-refractivity contribution is 5.89. The highest BCUT2D eigenvalue weighted by atomic mass is 16.1. The Hall–Kier alpha value is -1.84. The maximum Gasteiger partial charge on any atom is 0.225 e. The molecule has 0 bridgehead atoms. The largest absolute Gasteiger partial charge is 0.380 e. The van der Waals surface area contributed by atoms with Crippen LogP contribution in [-0.2, 0) is 4.79 Å². The fourth-order valence-electron chi connectivity index (χ4n) is 1.33. The summed E-state index contributed by atoms with van der Waals surface area (Å²) in [5.41, 5.74) is 0.909. The number of aromatic nitrogens is 1. The van der Waals surface area contributed by atoms with E-state index in [0.29, 0.717) is 24.7 Å². The molecule has 1 heterocycles. The number of anilines is 2. The Balaban J connectivity index is 2.50. The van der Waals surface area contributed by atoms with Gasteiger partial charge in [0.25, 0.3) is 0 Å². The van der Waals surface area contributed by atoms with Gasteiger partial charge in [-0.15, -0.1) is 6.58 Å². The van der Waals surface area contributed by atoms with Gasteiger partial charge in [0.15, 0.2) is 0 Å². The van der Waals surface area contributed by atoms with E-state index in [1.807, 2.05) is 19.9 Å². The summed E-state index contributed by atoms with van der Waals surface area (Å²) < 4.78 is 0. The molecular formula is C13H19N3O. The van der Waals surface area contributed by atoms with Gasteiger partial charge in [-0.3, -0.25) is 4.79 Å². The van der Waals surface area contributed by atoms with E-state index in [1.54, 1.807) is 18.3 Å². The second kappa shape index (κ2) is 6.68. The number of nitrogens with one attached hydrogen (secondary N) is 2. The molecular weight excluding hydrogens is 214 g/mol. The summed E-state index contributed by atoms with van der Waals surface area (Å²) in [6.07, 6.45) is 3.98. The van der Waals surface area contributed by atoms with E-state index in [1.165, 1.54) is 0 Å². The molecule has 0 aliphatic heterocycles. The van der Waals surface area contributed by atoms with E-state index < -0.39 is 0 Å². The minimum absolute atomic E-state index is 0.000647. The fraction of sp³-hybridized carbons (Fsp3) is 0.385. The Morgan fingerprint density at radius 1 is 1.53 bits per heavy atom. The van der Waals surface area contributed by atoms with Crippen LogP contribution in [0.5, 0.6) is 0 Å². The zero-order chi connectivity index (χ0) is 12.7. The molecule has 0 aliphatic carbocycles. The second-order valence-corrected chi connectivity index (χ2v) is 4.25. The van der Waals surface area contributed by atoms with Crippen molar-refractivity contribution in [3.8, 4) is 0 Å². The molecule has 0 spiro atoms. The molecule has 2 N–H and O–H groups in total. The standard InChI is InChI=1S/C13H19N3O/c1-4-7-14-11-5-6-12(15-9-11)16-13(17)8-10(2)3/h4-6,9-10,14H,1,7-8H2,2-3H3,(H,15,16,17). The molecule has 1 aromatic rings. The zero-order valence-electron chi connectivity index (χ0n) is 10.4. The molecule has 92 valence electrons. The smallest absolute Gasteiger partial charge is 0.225 e. The maximum absolute atomic E-state index is 11.5. The molecule has 1 rings (SSSR count). The average Bonchev–Trinajstić information content (AvgIpc) is 2.27. The van der Waals surface area contributed by atoms with Crippen LogP contribution in [-0.4, -0.2) is 17.4 Å². The molecule has 0 aromatic carbocycles. The minimum Gasteiger partial charge on any atom is -0.380 e. The quantitative estimate of drug-likeness (QED) is 0.743. The number of amides is 1. The van der Waals surface area contributed by atoms with Crippen molar-refractivity contribution in [2.45, 2.75) is 20.3 Å². The molecule has 0 saturated heterocycles. The number of hydrogen-bond donors (Lipinski definition) is 2. The Bertz CT molecular complexity index is 371. The predicted molar refractivity (Wildman–Crippen MR) is 71.0 cm³/mol. The highest BCUT2D eigenvalue weighted by Gasteiger charge is 2.05. The van der Waals surface area contributed by atoms with Crippen molar-refractivity contribution in [3.63, 3.8) is 0 Å². The van der Waals surface area contributed by atoms with Crippen molar-refractivity contribution in [1.29, 1.82) is 0 Å². The van der Waals surface area contributed by atoms with Gasteiger partial charge in [-0.05, 0) is 18.1 Å². The van der Waals surface area contributed by atoms with Crippen molar-refractivity contribution in [2.24, 2.45) is 5.92 Å². The molecule has 0 aliphatic rings. The van der Waals surface area contributed by atoms with Crippen LogP contribution in [0, 0.1) is 5.92 Å². The van der Waals surface area contributed by atoms with E-state index >= 15 is 0 Å². The summed E-state index contributed by atoms with van der Waals surface area (Å²) in [5, 5.41) is 5.87. The first-order chi connectivity index (χ1) is 8.11.